The summed E-state index contributed by atoms with van der Waals surface area (Å²) in [6.07, 6.45) is 0. The number of azide groups is 1. The van der Waals surface area contributed by atoms with Crippen molar-refractivity contribution in [2.75, 3.05) is 0 Å². The van der Waals surface area contributed by atoms with Gasteiger partial charge in [0.1, 0.15) is 0 Å². The summed E-state index contributed by atoms with van der Waals surface area (Å²) in [6, 6.07) is 1.55. The monoisotopic (exact) mass is 283 g/mol. The molecular weight excluding hydrogens is 277 g/mol. The van der Waals surface area contributed by atoms with Gasteiger partial charge in [-0.05, 0) is 18.5 Å². The standard InChI is InChI=1S/C8H6BF3N3O2.K/c1-4-6(8(16)17)2-5(14-15-13)3-7(4)9(10,11)12;/h2-3H,1H3,(H,16,17);/q-1;+1. The normalized spacial score (nSPS) is 10.2. The van der Waals surface area contributed by atoms with Crippen LogP contribution >= 0.6 is 0 Å². The van der Waals surface area contributed by atoms with Crippen molar-refractivity contribution in [1.82, 2.24) is 0 Å². The van der Waals surface area contributed by atoms with Crippen LogP contribution in [0.3, 0.4) is 0 Å². The van der Waals surface area contributed by atoms with Crippen LogP contribution in [0.2, 0.25) is 0 Å². The molecule has 0 unspecified atom stereocenters. The number of nitrogens with zero attached hydrogens (tertiary/aromatic N) is 3. The summed E-state index contributed by atoms with van der Waals surface area (Å²) in [4.78, 5) is 13.1. The Morgan fingerprint density at radius 1 is 1.44 bits per heavy atom. The molecular formula is C8H6BF3KN3O2. The van der Waals surface area contributed by atoms with Gasteiger partial charge >= 0.3 is 64.3 Å². The number of benzene rings is 1. The SMILES string of the molecule is Cc1c(C(=O)O)cc(N=[N+]=[N-])cc1[B-](F)(F)F.[K+]. The molecule has 10 heteroatoms. The maximum absolute atomic E-state index is 12.6. The third-order valence-electron chi connectivity index (χ3n) is 2.18. The number of aromatic carboxylic acids is 1. The Balaban J connectivity index is 0.00000289. The predicted octanol–water partition coefficient (Wildman–Crippen LogP) is -0.307. The number of hydrogen-bond donors (Lipinski definition) is 1. The van der Waals surface area contributed by atoms with Crippen LogP contribution in [-0.2, 0) is 0 Å². The first kappa shape index (κ1) is 17.5. The van der Waals surface area contributed by atoms with Gasteiger partial charge in [0.25, 0.3) is 0 Å². The number of carbonyl (C=O) groups is 1. The van der Waals surface area contributed by atoms with Gasteiger partial charge in [-0.25, -0.2) is 4.79 Å². The van der Waals surface area contributed by atoms with Crippen molar-refractivity contribution in [2.24, 2.45) is 5.11 Å². The third-order valence-corrected chi connectivity index (χ3v) is 2.18. The Hall–Kier alpha value is -0.509. The molecule has 0 spiro atoms. The van der Waals surface area contributed by atoms with Crippen LogP contribution in [0.15, 0.2) is 17.2 Å². The molecule has 18 heavy (non-hydrogen) atoms. The molecule has 0 fully saturated rings. The molecule has 5 nitrogen and oxygen atoms in total. The van der Waals surface area contributed by atoms with Gasteiger partial charge in [-0.3, -0.25) is 0 Å². The molecule has 0 saturated heterocycles. The van der Waals surface area contributed by atoms with Crippen LogP contribution in [0.1, 0.15) is 15.9 Å². The van der Waals surface area contributed by atoms with Crippen molar-refractivity contribution >= 4 is 24.1 Å². The largest absolute Gasteiger partial charge is 1.00 e. The molecule has 0 atom stereocenters. The Kier molecular flexibility index (Phi) is 6.41. The summed E-state index contributed by atoms with van der Waals surface area (Å²) in [6.45, 7) is -4.29. The van der Waals surface area contributed by atoms with Crippen LogP contribution < -0.4 is 56.8 Å². The Morgan fingerprint density at radius 3 is 2.39 bits per heavy atom. The second-order valence-electron chi connectivity index (χ2n) is 3.28. The molecule has 0 bridgehead atoms. The molecule has 0 aliphatic heterocycles. The molecule has 1 N–H and O–H groups in total. The second kappa shape index (κ2) is 6.60. The fraction of sp³-hybridized carbons (Fsp3) is 0.125. The van der Waals surface area contributed by atoms with Crippen molar-refractivity contribution < 1.29 is 74.2 Å². The first-order chi connectivity index (χ1) is 7.77. The van der Waals surface area contributed by atoms with Gasteiger partial charge in [0.15, 0.2) is 0 Å². The van der Waals surface area contributed by atoms with Crippen LogP contribution in [0.5, 0.6) is 0 Å². The maximum Gasteiger partial charge on any atom is 1.00 e. The maximum atomic E-state index is 12.6. The molecule has 1 aromatic rings. The van der Waals surface area contributed by atoms with Gasteiger partial charge in [0.2, 0.25) is 0 Å². The van der Waals surface area contributed by atoms with E-state index in [0.717, 1.165) is 13.0 Å². The van der Waals surface area contributed by atoms with E-state index in [1.807, 2.05) is 0 Å². The van der Waals surface area contributed by atoms with Crippen LogP contribution in [0, 0.1) is 6.92 Å². The zero-order chi connectivity index (χ0) is 13.2. The van der Waals surface area contributed by atoms with Crippen LogP contribution in [-0.4, -0.2) is 18.1 Å². The summed E-state index contributed by atoms with van der Waals surface area (Å²) in [5, 5.41) is 11.7. The molecule has 1 rings (SSSR count). The molecule has 0 aliphatic rings. The zero-order valence-electron chi connectivity index (χ0n) is 9.56. The summed E-state index contributed by atoms with van der Waals surface area (Å²) >= 11 is 0. The van der Waals surface area contributed by atoms with Crippen LogP contribution in [0.4, 0.5) is 18.6 Å². The quantitative estimate of drug-likeness (QED) is 0.357. The van der Waals surface area contributed by atoms with E-state index in [0.29, 0.717) is 6.07 Å². The van der Waals surface area contributed by atoms with Gasteiger partial charge in [-0.15, -0.1) is 5.46 Å². The van der Waals surface area contributed by atoms with Gasteiger partial charge in [-0.1, -0.05) is 16.7 Å². The smallest absolute Gasteiger partial charge is 0.478 e. The zero-order valence-corrected chi connectivity index (χ0v) is 12.7. The summed E-state index contributed by atoms with van der Waals surface area (Å²) in [5.74, 6) is -1.50. The van der Waals surface area contributed by atoms with Gasteiger partial charge in [-0.2, -0.15) is 0 Å². The first-order valence-corrected chi connectivity index (χ1v) is 4.40. The molecule has 0 aliphatic carbocycles. The number of hydrogen-bond acceptors (Lipinski definition) is 2. The summed E-state index contributed by atoms with van der Waals surface area (Å²) in [7, 11) is 0. The number of halogens is 3. The van der Waals surface area contributed by atoms with E-state index in [9.17, 15) is 17.7 Å². The van der Waals surface area contributed by atoms with Crippen molar-refractivity contribution in [3.8, 4) is 0 Å². The van der Waals surface area contributed by atoms with Crippen molar-refractivity contribution in [1.29, 1.82) is 0 Å². The molecule has 0 aromatic heterocycles. The second-order valence-corrected chi connectivity index (χ2v) is 3.28. The Bertz CT molecular complexity index is 529. The van der Waals surface area contributed by atoms with E-state index in [4.69, 9.17) is 10.6 Å². The third kappa shape index (κ3) is 4.01. The minimum Gasteiger partial charge on any atom is -0.478 e. The van der Waals surface area contributed by atoms with Crippen LogP contribution in [0.25, 0.3) is 10.4 Å². The van der Waals surface area contributed by atoms with E-state index in [-0.39, 0.29) is 62.6 Å². The van der Waals surface area contributed by atoms with E-state index < -0.39 is 24.0 Å². The van der Waals surface area contributed by atoms with E-state index in [2.05, 4.69) is 10.0 Å². The Morgan fingerprint density at radius 2 is 2.00 bits per heavy atom. The molecule has 0 radical (unpaired) electrons. The van der Waals surface area contributed by atoms with E-state index >= 15 is 0 Å². The van der Waals surface area contributed by atoms with E-state index in [1.165, 1.54) is 0 Å². The van der Waals surface area contributed by atoms with Gasteiger partial charge in [0.05, 0.1) is 5.56 Å². The number of rotatable bonds is 3. The minimum absolute atomic E-state index is 0. The molecule has 0 heterocycles. The molecule has 0 amide bonds. The summed E-state index contributed by atoms with van der Waals surface area (Å²) < 4.78 is 37.9. The number of carboxylic acid groups (broad SMARTS) is 1. The van der Waals surface area contributed by atoms with Gasteiger partial charge in [0, 0.05) is 10.6 Å². The fourth-order valence-electron chi connectivity index (χ4n) is 1.39. The fourth-order valence-corrected chi connectivity index (χ4v) is 1.39. The van der Waals surface area contributed by atoms with E-state index in [1.54, 1.807) is 0 Å². The van der Waals surface area contributed by atoms with Crippen molar-refractivity contribution in [3.63, 3.8) is 0 Å². The number of carboxylic acids is 1. The molecule has 1 aromatic carbocycles. The van der Waals surface area contributed by atoms with Crippen molar-refractivity contribution in [2.45, 2.75) is 6.92 Å². The first-order valence-electron chi connectivity index (χ1n) is 4.40. The Labute approximate surface area is 142 Å². The van der Waals surface area contributed by atoms with Crippen molar-refractivity contribution in [3.05, 3.63) is 33.7 Å². The average Bonchev–Trinajstić information content (AvgIpc) is 2.18. The van der Waals surface area contributed by atoms with Gasteiger partial charge < -0.3 is 18.1 Å². The molecule has 90 valence electrons. The summed E-state index contributed by atoms with van der Waals surface area (Å²) in [5.41, 5.74) is 5.80. The predicted molar refractivity (Wildman–Crippen MR) is 55.7 cm³/mol. The molecule has 0 saturated carbocycles. The average molecular weight is 283 g/mol. The minimum atomic E-state index is -5.36. The topological polar surface area (TPSA) is 86.1 Å².